The fourth-order valence-electron chi connectivity index (χ4n) is 12.4. The van der Waals surface area contributed by atoms with Gasteiger partial charge in [0.05, 0.1) is 26.4 Å². The van der Waals surface area contributed by atoms with Gasteiger partial charge >= 0.3 is 39.5 Å². The van der Waals surface area contributed by atoms with Gasteiger partial charge in [0.2, 0.25) is 0 Å². The number of phosphoric acid groups is 2. The summed E-state index contributed by atoms with van der Waals surface area (Å²) in [4.78, 5) is 73.0. The predicted molar refractivity (Wildman–Crippen MR) is 405 cm³/mol. The van der Waals surface area contributed by atoms with Gasteiger partial charge in [-0.05, 0) is 37.5 Å². The molecule has 0 aliphatic rings. The number of carbonyl (C=O) groups is 4. The van der Waals surface area contributed by atoms with Crippen LogP contribution in [0.15, 0.2) is 0 Å². The molecule has 0 aromatic rings. The molecule has 99 heavy (non-hydrogen) atoms. The quantitative estimate of drug-likeness (QED) is 0.0222. The van der Waals surface area contributed by atoms with Gasteiger partial charge in [0.1, 0.15) is 19.3 Å². The van der Waals surface area contributed by atoms with Crippen LogP contribution in [-0.2, 0) is 65.4 Å². The monoisotopic (exact) mass is 1450 g/mol. The first kappa shape index (κ1) is 97.1. The van der Waals surface area contributed by atoms with E-state index >= 15 is 0 Å². The number of esters is 4. The Morgan fingerprint density at radius 3 is 0.687 bits per heavy atom. The number of ether oxygens (including phenoxy) is 4. The summed E-state index contributed by atoms with van der Waals surface area (Å²) in [6, 6.07) is 0. The average molecular weight is 1450 g/mol. The van der Waals surface area contributed by atoms with Gasteiger partial charge in [-0.1, -0.05) is 369 Å². The van der Waals surface area contributed by atoms with Crippen molar-refractivity contribution in [2.75, 3.05) is 39.6 Å². The van der Waals surface area contributed by atoms with Crippen molar-refractivity contribution in [2.45, 2.75) is 439 Å². The molecular weight excluding hydrogens is 1290 g/mol. The minimum absolute atomic E-state index is 0.106. The largest absolute Gasteiger partial charge is 0.472 e. The zero-order valence-corrected chi connectivity index (χ0v) is 66.6. The maximum absolute atomic E-state index is 13.1. The summed E-state index contributed by atoms with van der Waals surface area (Å²) in [5.41, 5.74) is 0. The molecule has 0 spiro atoms. The highest BCUT2D eigenvalue weighted by molar-refractivity contribution is 7.47. The van der Waals surface area contributed by atoms with E-state index in [-0.39, 0.29) is 25.7 Å². The Bertz CT molecular complexity index is 1910. The Kier molecular flexibility index (Phi) is 70.3. The summed E-state index contributed by atoms with van der Waals surface area (Å²) in [6.07, 6.45) is 61.1. The lowest BCUT2D eigenvalue weighted by molar-refractivity contribution is -0.161. The van der Waals surface area contributed by atoms with E-state index < -0.39 is 97.5 Å². The third kappa shape index (κ3) is 74.1. The number of carbonyl (C=O) groups excluding carboxylic acids is 4. The number of rotatable bonds is 79. The molecule has 0 heterocycles. The summed E-state index contributed by atoms with van der Waals surface area (Å²) in [7, 11) is -9.92. The third-order valence-electron chi connectivity index (χ3n) is 18.7. The lowest BCUT2D eigenvalue weighted by atomic mass is 10.0. The van der Waals surface area contributed by atoms with E-state index in [4.69, 9.17) is 37.0 Å². The van der Waals surface area contributed by atoms with E-state index in [0.717, 1.165) is 102 Å². The van der Waals surface area contributed by atoms with E-state index in [1.165, 1.54) is 238 Å². The molecule has 0 aliphatic heterocycles. The molecule has 0 aromatic carbocycles. The molecule has 19 heteroatoms. The molecule has 0 aromatic heterocycles. The van der Waals surface area contributed by atoms with Gasteiger partial charge in [-0.25, -0.2) is 9.13 Å². The van der Waals surface area contributed by atoms with Crippen molar-refractivity contribution < 1.29 is 80.2 Å². The summed E-state index contributed by atoms with van der Waals surface area (Å²) in [5, 5.41) is 10.6. The molecule has 0 rings (SSSR count). The van der Waals surface area contributed by atoms with Gasteiger partial charge in [-0.2, -0.15) is 0 Å². The van der Waals surface area contributed by atoms with Gasteiger partial charge in [-0.3, -0.25) is 37.3 Å². The number of hydrogen-bond acceptors (Lipinski definition) is 15. The Hall–Kier alpha value is -1.94. The molecule has 5 atom stereocenters. The van der Waals surface area contributed by atoms with Gasteiger partial charge < -0.3 is 33.8 Å². The highest BCUT2D eigenvalue weighted by atomic mass is 31.2. The van der Waals surface area contributed by atoms with E-state index in [1.807, 2.05) is 0 Å². The molecule has 0 saturated carbocycles. The number of unbranched alkanes of at least 4 members (excludes halogenated alkanes) is 49. The molecular formula is C80H156O17P2. The zero-order valence-electron chi connectivity index (χ0n) is 64.8. The fraction of sp³-hybridized carbons (Fsp3) is 0.950. The maximum atomic E-state index is 13.1. The van der Waals surface area contributed by atoms with Crippen LogP contribution in [-0.4, -0.2) is 96.7 Å². The fourth-order valence-corrected chi connectivity index (χ4v) is 13.9. The minimum atomic E-state index is -4.96. The van der Waals surface area contributed by atoms with Crippen molar-refractivity contribution in [1.82, 2.24) is 0 Å². The first-order valence-electron chi connectivity index (χ1n) is 41.5. The Balaban J connectivity index is 5.22. The summed E-state index contributed by atoms with van der Waals surface area (Å²) >= 11 is 0. The summed E-state index contributed by atoms with van der Waals surface area (Å²) in [6.45, 7) is 9.58. The normalized spacial score (nSPS) is 13.9. The highest BCUT2D eigenvalue weighted by Crippen LogP contribution is 2.45. The van der Waals surface area contributed by atoms with Gasteiger partial charge in [0, 0.05) is 25.7 Å². The molecule has 3 N–H and O–H groups in total. The van der Waals surface area contributed by atoms with Crippen LogP contribution in [0.2, 0.25) is 0 Å². The molecule has 0 radical (unpaired) electrons. The predicted octanol–water partition coefficient (Wildman–Crippen LogP) is 23.9. The molecule has 0 fully saturated rings. The molecule has 0 aliphatic carbocycles. The second-order valence-electron chi connectivity index (χ2n) is 29.8. The first-order chi connectivity index (χ1) is 47.9. The van der Waals surface area contributed by atoms with E-state index in [9.17, 15) is 43.2 Å². The second kappa shape index (κ2) is 71.7. The minimum Gasteiger partial charge on any atom is -0.462 e. The maximum Gasteiger partial charge on any atom is 0.472 e. The molecule has 2 unspecified atom stereocenters. The third-order valence-corrected chi connectivity index (χ3v) is 20.6. The SMILES string of the molecule is CCCCCCCCCCCCCCCCCCCCCCCC(=O)O[C@H](COC(=O)CCCCCCCCCCCCCCCC)COP(=O)(O)OC[C@@H](O)COP(=O)(O)OC[C@@H](COC(=O)CCCCCCCCCCC(C)C)OC(=O)CCCCCCCCCCCCC(C)C. The molecule has 17 nitrogen and oxygen atoms in total. The summed E-state index contributed by atoms with van der Waals surface area (Å²) < 4.78 is 68.7. The molecule has 0 saturated heterocycles. The molecule has 0 bridgehead atoms. The van der Waals surface area contributed by atoms with Crippen LogP contribution in [0.25, 0.3) is 0 Å². The van der Waals surface area contributed by atoms with Crippen LogP contribution in [0.3, 0.4) is 0 Å². The number of aliphatic hydroxyl groups excluding tert-OH is 1. The van der Waals surface area contributed by atoms with Crippen molar-refractivity contribution in [3.63, 3.8) is 0 Å². The smallest absolute Gasteiger partial charge is 0.462 e. The van der Waals surface area contributed by atoms with Crippen LogP contribution >= 0.6 is 15.6 Å². The van der Waals surface area contributed by atoms with Crippen LogP contribution in [0, 0.1) is 11.8 Å². The second-order valence-corrected chi connectivity index (χ2v) is 32.7. The van der Waals surface area contributed by atoms with Crippen molar-refractivity contribution in [3.05, 3.63) is 0 Å². The number of phosphoric ester groups is 2. The standard InChI is InChI=1S/C80H156O17P2/c1-7-9-11-13-15-17-19-21-23-24-25-26-27-28-29-31-33-38-46-52-58-64-79(84)96-75(68-90-77(82)62-56-50-44-37-32-30-22-20-18-16-14-12-10-8-2)70-94-98(86,87)92-66-74(81)67-93-99(88,89)95-71-76(69-91-78(83)63-57-51-45-41-40-43-49-55-61-73(5)6)97-80(85)65-59-53-47-39-35-34-36-42-48-54-60-72(3)4/h72-76,81H,7-71H2,1-6H3,(H,86,87)(H,88,89)/t74-,75-,76-/m1/s1. The topological polar surface area (TPSA) is 237 Å². The molecule has 588 valence electrons. The zero-order chi connectivity index (χ0) is 72.8. The van der Waals surface area contributed by atoms with E-state index in [1.54, 1.807) is 0 Å². The van der Waals surface area contributed by atoms with Crippen molar-refractivity contribution in [1.29, 1.82) is 0 Å². The van der Waals surface area contributed by atoms with Gasteiger partial charge in [0.25, 0.3) is 0 Å². The lowest BCUT2D eigenvalue weighted by Gasteiger charge is -2.21. The summed E-state index contributed by atoms with van der Waals surface area (Å²) in [5.74, 6) is -0.633. The first-order valence-corrected chi connectivity index (χ1v) is 44.5. The van der Waals surface area contributed by atoms with Crippen molar-refractivity contribution in [3.8, 4) is 0 Å². The highest BCUT2D eigenvalue weighted by Gasteiger charge is 2.30. The molecule has 0 amide bonds. The Labute approximate surface area is 607 Å². The van der Waals surface area contributed by atoms with Crippen LogP contribution in [0.1, 0.15) is 420 Å². The van der Waals surface area contributed by atoms with Gasteiger partial charge in [-0.15, -0.1) is 0 Å². The van der Waals surface area contributed by atoms with E-state index in [0.29, 0.717) is 25.7 Å². The Morgan fingerprint density at radius 2 is 0.465 bits per heavy atom. The lowest BCUT2D eigenvalue weighted by Crippen LogP contribution is -2.30. The van der Waals surface area contributed by atoms with Crippen LogP contribution in [0.5, 0.6) is 0 Å². The van der Waals surface area contributed by atoms with E-state index in [2.05, 4.69) is 41.5 Å². The van der Waals surface area contributed by atoms with Crippen molar-refractivity contribution in [2.24, 2.45) is 11.8 Å². The van der Waals surface area contributed by atoms with Crippen LogP contribution in [0.4, 0.5) is 0 Å². The van der Waals surface area contributed by atoms with Crippen LogP contribution < -0.4 is 0 Å². The average Bonchev–Trinajstić information content (AvgIpc) is 1.05. The number of aliphatic hydroxyl groups is 1. The van der Waals surface area contributed by atoms with Gasteiger partial charge in [0.15, 0.2) is 12.2 Å². The van der Waals surface area contributed by atoms with Crippen molar-refractivity contribution >= 4 is 39.5 Å². The number of hydrogen-bond donors (Lipinski definition) is 3. The Morgan fingerprint density at radius 1 is 0.273 bits per heavy atom.